The van der Waals surface area contributed by atoms with Gasteiger partial charge < -0.3 is 14.4 Å². The molecule has 0 N–H and O–H groups in total. The first-order valence-corrected chi connectivity index (χ1v) is 8.07. The number of fused-ring (bicyclic) bond motifs is 1. The molecule has 1 aromatic rings. The Kier molecular flexibility index (Phi) is 4.65. The van der Waals surface area contributed by atoms with Crippen LogP contribution in [0.2, 0.25) is 0 Å². The largest absolute Gasteiger partial charge is 0.488 e. The molecule has 5 nitrogen and oxygen atoms in total. The lowest BCUT2D eigenvalue weighted by atomic mass is 9.97. The summed E-state index contributed by atoms with van der Waals surface area (Å²) in [5.41, 5.74) is 1.55. The molecule has 1 fully saturated rings. The number of para-hydroxylation sites is 1. The molecule has 0 saturated carbocycles. The SMILES string of the molecule is CCOC(=O)[C@H]1CCCN(C(=O)C2=Cc3ccccc3OC2)C1. The minimum absolute atomic E-state index is 0.0477. The van der Waals surface area contributed by atoms with Gasteiger partial charge in [-0.3, -0.25) is 9.59 Å². The van der Waals surface area contributed by atoms with Crippen LogP contribution in [0.5, 0.6) is 5.75 Å². The molecule has 1 atom stereocenters. The number of nitrogens with zero attached hydrogens (tertiary/aromatic N) is 1. The van der Waals surface area contributed by atoms with Gasteiger partial charge in [-0.1, -0.05) is 18.2 Å². The van der Waals surface area contributed by atoms with Crippen LogP contribution in [-0.2, 0) is 14.3 Å². The van der Waals surface area contributed by atoms with Gasteiger partial charge >= 0.3 is 5.97 Å². The van der Waals surface area contributed by atoms with Gasteiger partial charge in [0, 0.05) is 18.7 Å². The van der Waals surface area contributed by atoms with E-state index in [4.69, 9.17) is 9.47 Å². The number of ether oxygens (including phenoxy) is 2. The summed E-state index contributed by atoms with van der Waals surface area (Å²) in [7, 11) is 0. The van der Waals surface area contributed by atoms with E-state index in [9.17, 15) is 9.59 Å². The van der Waals surface area contributed by atoms with Crippen molar-refractivity contribution in [2.45, 2.75) is 19.8 Å². The minimum Gasteiger partial charge on any atom is -0.488 e. The Morgan fingerprint density at radius 2 is 2.17 bits per heavy atom. The molecule has 0 aromatic heterocycles. The van der Waals surface area contributed by atoms with E-state index in [0.717, 1.165) is 24.2 Å². The highest BCUT2D eigenvalue weighted by Crippen LogP contribution is 2.27. The summed E-state index contributed by atoms with van der Waals surface area (Å²) < 4.78 is 10.7. The van der Waals surface area contributed by atoms with E-state index in [1.165, 1.54) is 0 Å². The number of piperidine rings is 1. The number of carbonyl (C=O) groups excluding carboxylic acids is 2. The van der Waals surface area contributed by atoms with Crippen LogP contribution in [0.25, 0.3) is 6.08 Å². The third-order valence-electron chi connectivity index (χ3n) is 4.24. The summed E-state index contributed by atoms with van der Waals surface area (Å²) in [5, 5.41) is 0. The third kappa shape index (κ3) is 3.38. The van der Waals surface area contributed by atoms with Gasteiger partial charge in [0.15, 0.2) is 0 Å². The quantitative estimate of drug-likeness (QED) is 0.803. The van der Waals surface area contributed by atoms with Crippen molar-refractivity contribution >= 4 is 18.0 Å². The zero-order valence-corrected chi connectivity index (χ0v) is 13.3. The Morgan fingerprint density at radius 1 is 1.35 bits per heavy atom. The Morgan fingerprint density at radius 3 is 3.00 bits per heavy atom. The number of benzene rings is 1. The lowest BCUT2D eigenvalue weighted by Crippen LogP contribution is -2.44. The van der Waals surface area contributed by atoms with Crippen LogP contribution in [0.4, 0.5) is 0 Å². The van der Waals surface area contributed by atoms with Crippen molar-refractivity contribution in [3.63, 3.8) is 0 Å². The number of hydrogen-bond donors (Lipinski definition) is 0. The summed E-state index contributed by atoms with van der Waals surface area (Å²) in [6.45, 7) is 3.55. The number of esters is 1. The van der Waals surface area contributed by atoms with Gasteiger partial charge in [0.2, 0.25) is 0 Å². The molecule has 23 heavy (non-hydrogen) atoms. The van der Waals surface area contributed by atoms with E-state index >= 15 is 0 Å². The molecule has 0 unspecified atom stereocenters. The van der Waals surface area contributed by atoms with Gasteiger partial charge in [-0.2, -0.15) is 0 Å². The van der Waals surface area contributed by atoms with Crippen molar-refractivity contribution < 1.29 is 19.1 Å². The van der Waals surface area contributed by atoms with E-state index in [1.54, 1.807) is 11.8 Å². The van der Waals surface area contributed by atoms with Crippen LogP contribution in [-0.4, -0.2) is 43.1 Å². The minimum atomic E-state index is -0.218. The van der Waals surface area contributed by atoms with Crippen molar-refractivity contribution in [2.75, 3.05) is 26.3 Å². The second-order valence-corrected chi connectivity index (χ2v) is 5.84. The maximum Gasteiger partial charge on any atom is 0.310 e. The van der Waals surface area contributed by atoms with E-state index in [-0.39, 0.29) is 24.4 Å². The molecule has 2 aliphatic rings. The fourth-order valence-electron chi connectivity index (χ4n) is 3.06. The number of hydrogen-bond acceptors (Lipinski definition) is 4. The summed E-state index contributed by atoms with van der Waals surface area (Å²) >= 11 is 0. The molecule has 5 heteroatoms. The molecule has 0 bridgehead atoms. The lowest BCUT2D eigenvalue weighted by Gasteiger charge is -2.32. The lowest BCUT2D eigenvalue weighted by molar-refractivity contribution is -0.150. The van der Waals surface area contributed by atoms with E-state index in [0.29, 0.717) is 25.3 Å². The zero-order chi connectivity index (χ0) is 16.2. The van der Waals surface area contributed by atoms with Gasteiger partial charge in [0.05, 0.1) is 18.1 Å². The first-order valence-electron chi connectivity index (χ1n) is 8.07. The summed E-state index contributed by atoms with van der Waals surface area (Å²) in [5.74, 6) is 0.329. The predicted molar refractivity (Wildman–Crippen MR) is 85.9 cm³/mol. The maximum atomic E-state index is 12.7. The standard InChI is InChI=1S/C18H21NO4/c1-2-22-18(21)14-7-5-9-19(11-14)17(20)15-10-13-6-3-4-8-16(13)23-12-15/h3-4,6,8,10,14H,2,5,7,9,11-12H2,1H3/t14-/m0/s1. The normalized spacial score (nSPS) is 20.1. The monoisotopic (exact) mass is 315 g/mol. The zero-order valence-electron chi connectivity index (χ0n) is 13.3. The van der Waals surface area contributed by atoms with Gasteiger partial charge in [-0.05, 0) is 31.9 Å². The Hall–Kier alpha value is -2.30. The second kappa shape index (κ2) is 6.86. The van der Waals surface area contributed by atoms with E-state index in [1.807, 2.05) is 30.3 Å². The van der Waals surface area contributed by atoms with Gasteiger partial charge in [-0.25, -0.2) is 0 Å². The average Bonchev–Trinajstić information content (AvgIpc) is 2.61. The van der Waals surface area contributed by atoms with E-state index in [2.05, 4.69) is 0 Å². The van der Waals surface area contributed by atoms with E-state index < -0.39 is 0 Å². The molecule has 122 valence electrons. The maximum absolute atomic E-state index is 12.7. The molecule has 3 rings (SSSR count). The Balaban J connectivity index is 1.71. The third-order valence-corrected chi connectivity index (χ3v) is 4.24. The van der Waals surface area contributed by atoms with Crippen LogP contribution in [0.1, 0.15) is 25.3 Å². The molecule has 1 amide bonds. The highest BCUT2D eigenvalue weighted by molar-refractivity contribution is 5.99. The first kappa shape index (κ1) is 15.6. The van der Waals surface area contributed by atoms with Crippen molar-refractivity contribution in [2.24, 2.45) is 5.92 Å². The van der Waals surface area contributed by atoms with Gasteiger partial charge in [0.1, 0.15) is 12.4 Å². The number of amides is 1. The molecule has 0 spiro atoms. The van der Waals surface area contributed by atoms with Crippen molar-refractivity contribution in [1.29, 1.82) is 0 Å². The highest BCUT2D eigenvalue weighted by Gasteiger charge is 2.31. The summed E-state index contributed by atoms with van der Waals surface area (Å²) in [4.78, 5) is 26.4. The molecular formula is C18H21NO4. The number of carbonyl (C=O) groups is 2. The molecule has 2 aliphatic heterocycles. The van der Waals surface area contributed by atoms with Crippen molar-refractivity contribution in [3.05, 3.63) is 35.4 Å². The fraction of sp³-hybridized carbons (Fsp3) is 0.444. The summed E-state index contributed by atoms with van der Waals surface area (Å²) in [6, 6.07) is 7.65. The molecule has 0 aliphatic carbocycles. The van der Waals surface area contributed by atoms with Crippen molar-refractivity contribution in [3.8, 4) is 5.75 Å². The Labute approximate surface area is 135 Å². The molecule has 0 radical (unpaired) electrons. The number of likely N-dealkylation sites (tertiary alicyclic amines) is 1. The molecular weight excluding hydrogens is 294 g/mol. The van der Waals surface area contributed by atoms with Gasteiger partial charge in [0.25, 0.3) is 5.91 Å². The molecule has 1 saturated heterocycles. The van der Waals surface area contributed by atoms with Crippen LogP contribution < -0.4 is 4.74 Å². The molecule has 1 aromatic carbocycles. The van der Waals surface area contributed by atoms with Crippen LogP contribution in [0, 0.1) is 5.92 Å². The second-order valence-electron chi connectivity index (χ2n) is 5.84. The van der Waals surface area contributed by atoms with Gasteiger partial charge in [-0.15, -0.1) is 0 Å². The number of rotatable bonds is 3. The predicted octanol–water partition coefficient (Wildman–Crippen LogP) is 2.26. The Bertz CT molecular complexity index is 638. The highest BCUT2D eigenvalue weighted by atomic mass is 16.5. The topological polar surface area (TPSA) is 55.8 Å². The molecule has 2 heterocycles. The van der Waals surface area contributed by atoms with Crippen LogP contribution >= 0.6 is 0 Å². The summed E-state index contributed by atoms with van der Waals surface area (Å²) in [6.07, 6.45) is 3.48. The average molecular weight is 315 g/mol. The van der Waals surface area contributed by atoms with Crippen LogP contribution in [0.15, 0.2) is 29.8 Å². The smallest absolute Gasteiger partial charge is 0.310 e. The fourth-order valence-corrected chi connectivity index (χ4v) is 3.06. The van der Waals surface area contributed by atoms with Crippen LogP contribution in [0.3, 0.4) is 0 Å². The first-order chi connectivity index (χ1) is 11.2. The van der Waals surface area contributed by atoms with Crippen molar-refractivity contribution in [1.82, 2.24) is 4.90 Å².